The molecule has 2 aromatic carbocycles. The van der Waals surface area contributed by atoms with Crippen molar-refractivity contribution < 1.29 is 4.39 Å². The highest BCUT2D eigenvalue weighted by Gasteiger charge is 2.22. The van der Waals surface area contributed by atoms with Gasteiger partial charge in [0.05, 0.1) is 0 Å². The molecule has 2 aromatic rings. The molecule has 1 aliphatic rings. The van der Waals surface area contributed by atoms with Crippen molar-refractivity contribution in [2.75, 3.05) is 12.4 Å². The molecule has 0 saturated heterocycles. The van der Waals surface area contributed by atoms with E-state index in [-0.39, 0.29) is 5.82 Å². The summed E-state index contributed by atoms with van der Waals surface area (Å²) < 4.78 is 14.0. The van der Waals surface area contributed by atoms with Gasteiger partial charge in [0.1, 0.15) is 17.7 Å². The van der Waals surface area contributed by atoms with Crippen LogP contribution in [-0.4, -0.2) is 19.1 Å². The van der Waals surface area contributed by atoms with E-state index in [1.807, 2.05) is 24.3 Å². The summed E-state index contributed by atoms with van der Waals surface area (Å²) in [5.74, 6) is 0.361. The lowest BCUT2D eigenvalue weighted by molar-refractivity contribution is 0.606. The predicted molar refractivity (Wildman–Crippen MR) is 80.2 cm³/mol. The fraction of sp³-hybridized carbons (Fsp3) is 0.125. The SMILES string of the molecule is CN=C1Nc2ccccc2C=NC1c1ccccc1F. The molecule has 1 unspecified atom stereocenters. The van der Waals surface area contributed by atoms with E-state index in [0.29, 0.717) is 11.4 Å². The van der Waals surface area contributed by atoms with Gasteiger partial charge >= 0.3 is 0 Å². The van der Waals surface area contributed by atoms with Crippen LogP contribution in [0.3, 0.4) is 0 Å². The second-order valence-electron chi connectivity index (χ2n) is 4.52. The molecule has 1 heterocycles. The molecule has 0 bridgehead atoms. The molecule has 0 aromatic heterocycles. The third-order valence-electron chi connectivity index (χ3n) is 3.29. The summed E-state index contributed by atoms with van der Waals surface area (Å²) in [6.45, 7) is 0. The fourth-order valence-corrected chi connectivity index (χ4v) is 2.26. The molecule has 0 radical (unpaired) electrons. The Morgan fingerprint density at radius 1 is 1.10 bits per heavy atom. The molecule has 4 heteroatoms. The molecule has 1 aliphatic heterocycles. The summed E-state index contributed by atoms with van der Waals surface area (Å²) in [5, 5.41) is 3.24. The molecule has 0 amide bonds. The first-order chi connectivity index (χ1) is 9.79. The highest BCUT2D eigenvalue weighted by atomic mass is 19.1. The first-order valence-corrected chi connectivity index (χ1v) is 6.40. The van der Waals surface area contributed by atoms with Gasteiger partial charge in [0.15, 0.2) is 0 Å². The lowest BCUT2D eigenvalue weighted by Gasteiger charge is -2.16. The van der Waals surface area contributed by atoms with E-state index in [1.54, 1.807) is 31.5 Å². The third-order valence-corrected chi connectivity index (χ3v) is 3.29. The minimum atomic E-state index is -0.450. The first kappa shape index (κ1) is 12.5. The number of aliphatic imine (C=N–C) groups is 2. The van der Waals surface area contributed by atoms with E-state index < -0.39 is 6.04 Å². The molecule has 0 fully saturated rings. The topological polar surface area (TPSA) is 36.8 Å². The molecular weight excluding hydrogens is 253 g/mol. The number of benzene rings is 2. The van der Waals surface area contributed by atoms with E-state index in [9.17, 15) is 4.39 Å². The number of amidine groups is 1. The van der Waals surface area contributed by atoms with Crippen LogP contribution >= 0.6 is 0 Å². The summed E-state index contributed by atoms with van der Waals surface area (Å²) in [7, 11) is 1.68. The average Bonchev–Trinajstić information content (AvgIpc) is 2.67. The van der Waals surface area contributed by atoms with Crippen molar-refractivity contribution in [3.05, 3.63) is 65.5 Å². The Labute approximate surface area is 116 Å². The second-order valence-corrected chi connectivity index (χ2v) is 4.52. The molecule has 1 N–H and O–H groups in total. The standard InChI is InChI=1S/C16H14FN3/c1-18-16-15(12-7-3-4-8-13(12)17)19-10-11-6-2-5-9-14(11)20-16/h2-10,15H,1H3,(H,18,20). The van der Waals surface area contributed by atoms with Crippen LogP contribution in [0.5, 0.6) is 0 Å². The number of anilines is 1. The minimum absolute atomic E-state index is 0.274. The largest absolute Gasteiger partial charge is 0.341 e. The van der Waals surface area contributed by atoms with Crippen molar-refractivity contribution >= 4 is 17.7 Å². The molecule has 20 heavy (non-hydrogen) atoms. The first-order valence-electron chi connectivity index (χ1n) is 6.40. The van der Waals surface area contributed by atoms with Crippen LogP contribution in [0.4, 0.5) is 10.1 Å². The monoisotopic (exact) mass is 267 g/mol. The Hall–Kier alpha value is -2.49. The van der Waals surface area contributed by atoms with Gasteiger partial charge in [-0.2, -0.15) is 0 Å². The zero-order valence-electron chi connectivity index (χ0n) is 11.0. The number of para-hydroxylation sites is 1. The molecule has 1 atom stereocenters. The van der Waals surface area contributed by atoms with Crippen LogP contribution in [0.25, 0.3) is 0 Å². The van der Waals surface area contributed by atoms with Gasteiger partial charge in [0, 0.05) is 30.1 Å². The van der Waals surface area contributed by atoms with Crippen molar-refractivity contribution in [3.63, 3.8) is 0 Å². The maximum absolute atomic E-state index is 14.0. The number of rotatable bonds is 1. The maximum Gasteiger partial charge on any atom is 0.135 e. The van der Waals surface area contributed by atoms with Crippen molar-refractivity contribution in [2.24, 2.45) is 9.98 Å². The number of nitrogens with zero attached hydrogens (tertiary/aromatic N) is 2. The number of nitrogens with one attached hydrogen (secondary N) is 1. The van der Waals surface area contributed by atoms with Crippen LogP contribution < -0.4 is 5.32 Å². The van der Waals surface area contributed by atoms with E-state index in [0.717, 1.165) is 11.3 Å². The van der Waals surface area contributed by atoms with Crippen molar-refractivity contribution in [1.82, 2.24) is 0 Å². The Balaban J connectivity index is 2.08. The summed E-state index contributed by atoms with van der Waals surface area (Å²) in [6, 6.07) is 14.0. The van der Waals surface area contributed by atoms with Gasteiger partial charge in [-0.25, -0.2) is 4.39 Å². The zero-order chi connectivity index (χ0) is 13.9. The fourth-order valence-electron chi connectivity index (χ4n) is 2.26. The molecule has 0 saturated carbocycles. The third kappa shape index (κ3) is 2.20. The summed E-state index contributed by atoms with van der Waals surface area (Å²) in [4.78, 5) is 8.72. The smallest absolute Gasteiger partial charge is 0.135 e. The van der Waals surface area contributed by atoms with Crippen LogP contribution in [0.1, 0.15) is 17.2 Å². The van der Waals surface area contributed by atoms with Crippen molar-refractivity contribution in [1.29, 1.82) is 0 Å². The normalized spacial score (nSPS) is 19.3. The van der Waals surface area contributed by atoms with Gasteiger partial charge in [-0.1, -0.05) is 36.4 Å². The number of fused-ring (bicyclic) bond motifs is 1. The number of hydrogen-bond acceptors (Lipinski definition) is 2. The molecule has 0 spiro atoms. The van der Waals surface area contributed by atoms with Crippen LogP contribution in [0, 0.1) is 5.82 Å². The lowest BCUT2D eigenvalue weighted by Crippen LogP contribution is -2.20. The Bertz CT molecular complexity index is 692. The van der Waals surface area contributed by atoms with Crippen molar-refractivity contribution in [3.8, 4) is 0 Å². The quantitative estimate of drug-likeness (QED) is 0.844. The van der Waals surface area contributed by atoms with Gasteiger partial charge in [-0.05, 0) is 12.1 Å². The van der Waals surface area contributed by atoms with Gasteiger partial charge < -0.3 is 5.32 Å². The van der Waals surface area contributed by atoms with Crippen LogP contribution in [0.2, 0.25) is 0 Å². The molecule has 3 rings (SSSR count). The molecular formula is C16H14FN3. The average molecular weight is 267 g/mol. The highest BCUT2D eigenvalue weighted by molar-refractivity contribution is 6.06. The van der Waals surface area contributed by atoms with Gasteiger partial charge in [0.25, 0.3) is 0 Å². The van der Waals surface area contributed by atoms with E-state index in [1.165, 1.54) is 6.07 Å². The van der Waals surface area contributed by atoms with E-state index in [2.05, 4.69) is 15.3 Å². The Morgan fingerprint density at radius 2 is 1.85 bits per heavy atom. The molecule has 3 nitrogen and oxygen atoms in total. The minimum Gasteiger partial charge on any atom is -0.341 e. The second kappa shape index (κ2) is 5.25. The Kier molecular flexibility index (Phi) is 3.29. The Morgan fingerprint density at radius 3 is 2.65 bits per heavy atom. The van der Waals surface area contributed by atoms with Gasteiger partial charge in [-0.3, -0.25) is 9.98 Å². The summed E-state index contributed by atoms with van der Waals surface area (Å²) >= 11 is 0. The number of hydrogen-bond donors (Lipinski definition) is 1. The summed E-state index contributed by atoms with van der Waals surface area (Å²) in [6.07, 6.45) is 1.76. The van der Waals surface area contributed by atoms with Crippen molar-refractivity contribution in [2.45, 2.75) is 6.04 Å². The molecule has 0 aliphatic carbocycles. The van der Waals surface area contributed by atoms with Crippen LogP contribution in [-0.2, 0) is 0 Å². The summed E-state index contributed by atoms with van der Waals surface area (Å²) in [5.41, 5.74) is 2.41. The predicted octanol–water partition coefficient (Wildman–Crippen LogP) is 3.44. The van der Waals surface area contributed by atoms with Gasteiger partial charge in [-0.15, -0.1) is 0 Å². The number of benzodiazepines with no additional fused rings is 1. The maximum atomic E-state index is 14.0. The zero-order valence-corrected chi connectivity index (χ0v) is 11.0. The van der Waals surface area contributed by atoms with Crippen LogP contribution in [0.15, 0.2) is 58.5 Å². The lowest BCUT2D eigenvalue weighted by atomic mass is 10.1. The number of halogens is 1. The van der Waals surface area contributed by atoms with E-state index >= 15 is 0 Å². The van der Waals surface area contributed by atoms with E-state index in [4.69, 9.17) is 0 Å². The highest BCUT2D eigenvalue weighted by Crippen LogP contribution is 2.27. The van der Waals surface area contributed by atoms with Gasteiger partial charge in [0.2, 0.25) is 0 Å². The molecule has 100 valence electrons.